The molecule has 1 rings (SSSR count). The van der Waals surface area contributed by atoms with Crippen LogP contribution in [0.2, 0.25) is 0 Å². The van der Waals surface area contributed by atoms with Gasteiger partial charge in [-0.25, -0.2) is 0 Å². The van der Waals surface area contributed by atoms with Crippen molar-refractivity contribution in [3.63, 3.8) is 0 Å². The number of rotatable bonds is 6. The van der Waals surface area contributed by atoms with E-state index in [0.29, 0.717) is 11.8 Å². The predicted octanol–water partition coefficient (Wildman–Crippen LogP) is -1.23. The number of aryl methyl sites for hydroxylation is 1. The first-order valence-electron chi connectivity index (χ1n) is 5.43. The molecule has 0 heterocycles. The quantitative estimate of drug-likeness (QED) is 0.308. The molecule has 4 nitrogen and oxygen atoms in total. The van der Waals surface area contributed by atoms with Crippen LogP contribution in [-0.4, -0.2) is 11.2 Å². The van der Waals surface area contributed by atoms with Gasteiger partial charge in [0.1, 0.15) is 0 Å². The second-order valence-corrected chi connectivity index (χ2v) is 4.39. The third-order valence-electron chi connectivity index (χ3n) is 2.37. The fourth-order valence-corrected chi connectivity index (χ4v) is 1.88. The van der Waals surface area contributed by atoms with Crippen LogP contribution in [0.4, 0.5) is 5.69 Å². The maximum Gasteiger partial charge on any atom is 1.00 e. The molecule has 0 atom stereocenters. The minimum absolute atomic E-state index is 0. The van der Waals surface area contributed by atoms with E-state index < -0.39 is 0 Å². The van der Waals surface area contributed by atoms with Gasteiger partial charge < -0.3 is 15.5 Å². The number of nitrogens with one attached hydrogen (secondary N) is 1. The normalized spacial score (nSPS) is 9.72. The molecule has 0 aromatic heterocycles. The van der Waals surface area contributed by atoms with Crippen molar-refractivity contribution in [2.75, 3.05) is 10.6 Å². The largest absolute Gasteiger partial charge is 1.00 e. The third kappa shape index (κ3) is 5.82. The van der Waals surface area contributed by atoms with Gasteiger partial charge in [0.15, 0.2) is 0 Å². The summed E-state index contributed by atoms with van der Waals surface area (Å²) in [6, 6.07) is 5.46. The summed E-state index contributed by atoms with van der Waals surface area (Å²) in [7, 11) is 0. The number of carbonyl (C=O) groups excluding carboxylic acids is 1. The van der Waals surface area contributed by atoms with E-state index in [2.05, 4.69) is 26.1 Å². The topological polar surface area (TPSA) is 61.4 Å². The van der Waals surface area contributed by atoms with Crippen LogP contribution in [0, 0.1) is 0 Å². The molecule has 6 heteroatoms. The fourth-order valence-electron chi connectivity index (χ4n) is 1.52. The van der Waals surface area contributed by atoms with E-state index in [1.165, 1.54) is 0 Å². The van der Waals surface area contributed by atoms with Crippen LogP contribution >= 0.6 is 15.9 Å². The van der Waals surface area contributed by atoms with Crippen LogP contribution in [-0.2, 0) is 22.7 Å². The molecule has 1 amide bonds. The number of carbonyl (C=O) groups is 1. The number of hydrogen-bond acceptors (Lipinski definition) is 3. The van der Waals surface area contributed by atoms with Gasteiger partial charge in [0.25, 0.3) is 0 Å². The monoisotopic (exact) mass is 323 g/mol. The summed E-state index contributed by atoms with van der Waals surface area (Å²) in [4.78, 5) is 15.3. The molecular weight excluding hydrogens is 309 g/mol. The summed E-state index contributed by atoms with van der Waals surface area (Å²) in [5.41, 5.74) is 2.62. The van der Waals surface area contributed by atoms with Crippen LogP contribution in [0.3, 0.4) is 0 Å². The maximum absolute atomic E-state index is 11.5. The van der Waals surface area contributed by atoms with E-state index in [0.717, 1.165) is 23.2 Å². The van der Waals surface area contributed by atoms with Gasteiger partial charge in [-0.05, 0) is 23.6 Å². The molecule has 94 valence electrons. The number of amides is 1. The zero-order valence-corrected chi connectivity index (χ0v) is 14.2. The van der Waals surface area contributed by atoms with E-state index >= 15 is 0 Å². The second-order valence-electron chi connectivity index (χ2n) is 3.59. The molecule has 0 radical (unpaired) electrons. The van der Waals surface area contributed by atoms with Crippen molar-refractivity contribution in [3.05, 3.63) is 29.3 Å². The smallest absolute Gasteiger partial charge is 0.723 e. The number of hydrogen-bond donors (Lipinski definition) is 1. The van der Waals surface area contributed by atoms with E-state index in [-0.39, 0.29) is 42.1 Å². The van der Waals surface area contributed by atoms with Crippen molar-refractivity contribution >= 4 is 27.5 Å². The molecule has 0 bridgehead atoms. The van der Waals surface area contributed by atoms with Crippen LogP contribution < -0.4 is 40.1 Å². The Labute approximate surface area is 137 Å². The molecule has 1 N–H and O–H groups in total. The molecule has 0 aliphatic carbocycles. The zero-order valence-electron chi connectivity index (χ0n) is 10.7. The Kier molecular flexibility index (Phi) is 10.00. The van der Waals surface area contributed by atoms with Crippen molar-refractivity contribution in [3.8, 4) is 0 Å². The minimum Gasteiger partial charge on any atom is -0.723 e. The molecule has 0 aliphatic rings. The van der Waals surface area contributed by atoms with Crippen molar-refractivity contribution in [2.45, 2.75) is 26.4 Å². The van der Waals surface area contributed by atoms with Gasteiger partial charge in [0.05, 0.1) is 6.61 Å². The first-order valence-corrected chi connectivity index (χ1v) is 6.55. The van der Waals surface area contributed by atoms with Crippen LogP contribution in [0.25, 0.3) is 0 Å². The van der Waals surface area contributed by atoms with Crippen molar-refractivity contribution < 1.29 is 44.5 Å². The van der Waals surface area contributed by atoms with Gasteiger partial charge in [0, 0.05) is 17.4 Å². The average Bonchev–Trinajstić information content (AvgIpc) is 2.31. The molecule has 1 aromatic rings. The van der Waals surface area contributed by atoms with Crippen LogP contribution in [0.15, 0.2) is 18.2 Å². The Balaban J connectivity index is 0.00000289. The van der Waals surface area contributed by atoms with Gasteiger partial charge in [-0.2, -0.15) is 0 Å². The second kappa shape index (κ2) is 9.95. The fraction of sp³-hybridized carbons (Fsp3) is 0.417. The van der Waals surface area contributed by atoms with E-state index in [1.807, 2.05) is 13.0 Å². The molecule has 0 saturated heterocycles. The first-order chi connectivity index (χ1) is 8.21. The summed E-state index contributed by atoms with van der Waals surface area (Å²) >= 11 is 3.22. The number of anilines is 1. The molecule has 0 unspecified atom stereocenters. The summed E-state index contributed by atoms with van der Waals surface area (Å²) in [6.45, 7) is 2.04. The van der Waals surface area contributed by atoms with E-state index in [1.54, 1.807) is 12.1 Å². The van der Waals surface area contributed by atoms with Gasteiger partial charge in [-0.15, -0.1) is 0 Å². The number of benzene rings is 1. The van der Waals surface area contributed by atoms with E-state index in [4.69, 9.17) is 0 Å². The first kappa shape index (κ1) is 18.1. The summed E-state index contributed by atoms with van der Waals surface area (Å²) < 4.78 is 0. The Morgan fingerprint density at radius 2 is 2.22 bits per heavy atom. The van der Waals surface area contributed by atoms with Crippen molar-refractivity contribution in [1.29, 1.82) is 0 Å². The Morgan fingerprint density at radius 1 is 1.50 bits per heavy atom. The molecule has 1 aromatic carbocycles. The van der Waals surface area contributed by atoms with Crippen molar-refractivity contribution in [2.24, 2.45) is 0 Å². The van der Waals surface area contributed by atoms with Crippen LogP contribution in [0.5, 0.6) is 0 Å². The van der Waals surface area contributed by atoms with E-state index in [9.17, 15) is 10.1 Å². The third-order valence-corrected chi connectivity index (χ3v) is 2.77. The van der Waals surface area contributed by atoms with Crippen molar-refractivity contribution in [1.82, 2.24) is 0 Å². The summed E-state index contributed by atoms with van der Waals surface area (Å²) in [5, 5.41) is 13.6. The SMILES string of the molecule is CCc1cc(CO[O-])ccc1NC(=O)CCBr.[Na+]. The molecule has 0 spiro atoms. The minimum atomic E-state index is -0.0237. The molecule has 0 saturated carbocycles. The number of alkyl halides is 1. The predicted molar refractivity (Wildman–Crippen MR) is 67.6 cm³/mol. The van der Waals surface area contributed by atoms with Gasteiger partial charge >= 0.3 is 29.6 Å². The Morgan fingerprint density at radius 3 is 2.78 bits per heavy atom. The maximum atomic E-state index is 11.5. The van der Waals surface area contributed by atoms with Gasteiger partial charge in [-0.1, -0.05) is 35.0 Å². The molecular formula is C12H15BrNNaO3. The average molecular weight is 324 g/mol. The summed E-state index contributed by atoms with van der Waals surface area (Å²) in [5.74, 6) is -0.0237. The molecule has 18 heavy (non-hydrogen) atoms. The van der Waals surface area contributed by atoms with Crippen LogP contribution in [0.1, 0.15) is 24.5 Å². The molecule has 0 aliphatic heterocycles. The van der Waals surface area contributed by atoms with Gasteiger partial charge in [-0.3, -0.25) is 4.79 Å². The summed E-state index contributed by atoms with van der Waals surface area (Å²) in [6.07, 6.45) is 1.23. The standard InChI is InChI=1S/C12H16BrNO3.Na/c1-2-10-7-9(8-17-16)3-4-11(10)14-12(15)5-6-13;/h3-4,7,16H,2,5-6,8H2,1H3,(H,14,15);/q;+1/p-1. The van der Waals surface area contributed by atoms with Gasteiger partial charge in [0.2, 0.25) is 5.91 Å². The number of halogens is 1. The Bertz CT molecular complexity index is 388. The molecule has 0 fully saturated rings. The Hall–Kier alpha value is 0.0900. The zero-order chi connectivity index (χ0) is 12.7.